The molecular weight excluding hydrogens is 238 g/mol. The van der Waals surface area contributed by atoms with Crippen molar-refractivity contribution in [2.75, 3.05) is 39.2 Å². The van der Waals surface area contributed by atoms with Gasteiger partial charge in [-0.05, 0) is 38.6 Å². The van der Waals surface area contributed by atoms with Gasteiger partial charge in [0.2, 0.25) is 0 Å². The summed E-state index contributed by atoms with van der Waals surface area (Å²) in [5, 5.41) is 9.22. The molecule has 102 valence electrons. The van der Waals surface area contributed by atoms with Gasteiger partial charge in [0.05, 0.1) is 18.4 Å². The van der Waals surface area contributed by atoms with Crippen LogP contribution in [0, 0.1) is 11.3 Å². The van der Waals surface area contributed by atoms with Crippen molar-refractivity contribution in [2.24, 2.45) is 0 Å². The molecule has 1 unspecified atom stereocenters. The van der Waals surface area contributed by atoms with Gasteiger partial charge in [0.15, 0.2) is 0 Å². The predicted octanol–water partition coefficient (Wildman–Crippen LogP) is 2.10. The Bertz CT molecular complexity index is 481. The van der Waals surface area contributed by atoms with Crippen molar-refractivity contribution >= 4 is 5.69 Å². The highest BCUT2D eigenvalue weighted by Crippen LogP contribution is 2.26. The smallest absolute Gasteiger partial charge is 0.121 e. The van der Waals surface area contributed by atoms with E-state index < -0.39 is 0 Å². The summed E-state index contributed by atoms with van der Waals surface area (Å²) < 4.78 is 5.25. The SMILES string of the molecule is COc1ccc(C#N)c(N(C)CC2CCCN2C)c1. The molecule has 0 radical (unpaired) electrons. The van der Waals surface area contributed by atoms with E-state index in [1.165, 1.54) is 19.4 Å². The van der Waals surface area contributed by atoms with Crippen molar-refractivity contribution in [3.05, 3.63) is 23.8 Å². The predicted molar refractivity (Wildman–Crippen MR) is 76.6 cm³/mol. The third-order valence-corrected chi connectivity index (χ3v) is 3.89. The third-order valence-electron chi connectivity index (χ3n) is 3.89. The van der Waals surface area contributed by atoms with Gasteiger partial charge >= 0.3 is 0 Å². The zero-order valence-electron chi connectivity index (χ0n) is 11.9. The minimum Gasteiger partial charge on any atom is -0.497 e. The second kappa shape index (κ2) is 5.94. The Kier molecular flexibility index (Phi) is 4.28. The number of benzene rings is 1. The first-order valence-corrected chi connectivity index (χ1v) is 6.65. The van der Waals surface area contributed by atoms with E-state index in [1.54, 1.807) is 7.11 Å². The van der Waals surface area contributed by atoms with E-state index in [4.69, 9.17) is 4.74 Å². The lowest BCUT2D eigenvalue weighted by atomic mass is 10.1. The maximum Gasteiger partial charge on any atom is 0.121 e. The number of ether oxygens (including phenoxy) is 1. The third kappa shape index (κ3) is 2.99. The summed E-state index contributed by atoms with van der Waals surface area (Å²) in [7, 11) is 5.86. The molecule has 2 rings (SSSR count). The Labute approximate surface area is 115 Å². The normalized spacial score (nSPS) is 19.2. The Morgan fingerprint density at radius 2 is 2.32 bits per heavy atom. The van der Waals surface area contributed by atoms with Crippen LogP contribution in [0.3, 0.4) is 0 Å². The van der Waals surface area contributed by atoms with Crippen molar-refractivity contribution in [3.8, 4) is 11.8 Å². The van der Waals surface area contributed by atoms with Crippen LogP contribution >= 0.6 is 0 Å². The molecule has 0 spiro atoms. The van der Waals surface area contributed by atoms with Crippen molar-refractivity contribution in [3.63, 3.8) is 0 Å². The number of hydrogen-bond donors (Lipinski definition) is 0. The number of likely N-dealkylation sites (N-methyl/N-ethyl adjacent to an activating group) is 2. The Hall–Kier alpha value is -1.73. The topological polar surface area (TPSA) is 39.5 Å². The number of likely N-dealkylation sites (tertiary alicyclic amines) is 1. The van der Waals surface area contributed by atoms with Gasteiger partial charge in [-0.3, -0.25) is 0 Å². The molecule has 1 aromatic rings. The first-order valence-electron chi connectivity index (χ1n) is 6.65. The Morgan fingerprint density at radius 1 is 1.53 bits per heavy atom. The molecule has 1 atom stereocenters. The molecule has 0 bridgehead atoms. The van der Waals surface area contributed by atoms with E-state index in [0.717, 1.165) is 18.0 Å². The first-order chi connectivity index (χ1) is 9.15. The highest BCUT2D eigenvalue weighted by atomic mass is 16.5. The summed E-state index contributed by atoms with van der Waals surface area (Å²) in [4.78, 5) is 4.55. The van der Waals surface area contributed by atoms with E-state index in [2.05, 4.69) is 22.9 Å². The summed E-state index contributed by atoms with van der Waals surface area (Å²) in [5.41, 5.74) is 1.64. The maximum atomic E-state index is 9.22. The van der Waals surface area contributed by atoms with Gasteiger partial charge in [-0.2, -0.15) is 5.26 Å². The van der Waals surface area contributed by atoms with Gasteiger partial charge < -0.3 is 14.5 Å². The molecule has 0 saturated carbocycles. The standard InChI is InChI=1S/C15H21N3O/c1-17-8-4-5-13(17)11-18(2)15-9-14(19-3)7-6-12(15)10-16/h6-7,9,13H,4-5,8,11H2,1-3H3. The molecule has 0 N–H and O–H groups in total. The average molecular weight is 259 g/mol. The molecule has 1 aliphatic heterocycles. The fourth-order valence-corrected chi connectivity index (χ4v) is 2.67. The number of rotatable bonds is 4. The Morgan fingerprint density at radius 3 is 2.89 bits per heavy atom. The highest BCUT2D eigenvalue weighted by molar-refractivity contribution is 5.61. The van der Waals surface area contributed by atoms with Crippen molar-refractivity contribution in [1.82, 2.24) is 4.90 Å². The number of hydrogen-bond acceptors (Lipinski definition) is 4. The van der Waals surface area contributed by atoms with Gasteiger partial charge in [-0.1, -0.05) is 0 Å². The van der Waals surface area contributed by atoms with Gasteiger partial charge in [0, 0.05) is 25.7 Å². The molecule has 0 aromatic heterocycles. The van der Waals surface area contributed by atoms with E-state index in [1.807, 2.05) is 25.2 Å². The molecule has 1 aromatic carbocycles. The quantitative estimate of drug-likeness (QED) is 0.830. The lowest BCUT2D eigenvalue weighted by molar-refractivity contribution is 0.314. The number of nitrogens with zero attached hydrogens (tertiary/aromatic N) is 3. The number of anilines is 1. The van der Waals surface area contributed by atoms with Crippen molar-refractivity contribution in [2.45, 2.75) is 18.9 Å². The van der Waals surface area contributed by atoms with Crippen LogP contribution < -0.4 is 9.64 Å². The van der Waals surface area contributed by atoms with Crippen LogP contribution in [0.2, 0.25) is 0 Å². The van der Waals surface area contributed by atoms with Crippen molar-refractivity contribution in [1.29, 1.82) is 5.26 Å². The van der Waals surface area contributed by atoms with Gasteiger partial charge in [0.1, 0.15) is 11.8 Å². The lowest BCUT2D eigenvalue weighted by Crippen LogP contribution is -2.36. The second-order valence-electron chi connectivity index (χ2n) is 5.15. The molecular formula is C15H21N3O. The summed E-state index contributed by atoms with van der Waals surface area (Å²) in [6.45, 7) is 2.11. The number of methoxy groups -OCH3 is 1. The van der Waals surface area contributed by atoms with Crippen LogP contribution in [0.1, 0.15) is 18.4 Å². The minimum absolute atomic E-state index is 0.572. The summed E-state index contributed by atoms with van der Waals surface area (Å²) in [5.74, 6) is 0.792. The molecule has 1 saturated heterocycles. The van der Waals surface area contributed by atoms with E-state index in [9.17, 15) is 5.26 Å². The maximum absolute atomic E-state index is 9.22. The first kappa shape index (κ1) is 13.7. The lowest BCUT2D eigenvalue weighted by Gasteiger charge is -2.28. The Balaban J connectivity index is 2.17. The summed E-state index contributed by atoms with van der Waals surface area (Å²) in [6.07, 6.45) is 2.49. The molecule has 0 aliphatic carbocycles. The van der Waals surface area contributed by atoms with Crippen LogP contribution in [0.4, 0.5) is 5.69 Å². The number of nitriles is 1. The average Bonchev–Trinajstić information content (AvgIpc) is 2.83. The largest absolute Gasteiger partial charge is 0.497 e. The monoisotopic (exact) mass is 259 g/mol. The fraction of sp³-hybridized carbons (Fsp3) is 0.533. The van der Waals surface area contributed by atoms with Gasteiger partial charge in [0.25, 0.3) is 0 Å². The van der Waals surface area contributed by atoms with E-state index in [0.29, 0.717) is 11.6 Å². The van der Waals surface area contributed by atoms with Crippen LogP contribution in [-0.4, -0.2) is 45.2 Å². The van der Waals surface area contributed by atoms with E-state index >= 15 is 0 Å². The van der Waals surface area contributed by atoms with Gasteiger partial charge in [-0.25, -0.2) is 0 Å². The molecule has 0 amide bonds. The molecule has 1 fully saturated rings. The second-order valence-corrected chi connectivity index (χ2v) is 5.15. The van der Waals surface area contributed by atoms with Crippen LogP contribution in [0.25, 0.3) is 0 Å². The minimum atomic E-state index is 0.572. The van der Waals surface area contributed by atoms with Crippen LogP contribution in [0.5, 0.6) is 5.75 Å². The van der Waals surface area contributed by atoms with Crippen molar-refractivity contribution < 1.29 is 4.74 Å². The molecule has 4 nitrogen and oxygen atoms in total. The molecule has 4 heteroatoms. The summed E-state index contributed by atoms with van der Waals surface area (Å²) >= 11 is 0. The molecule has 1 heterocycles. The molecule has 1 aliphatic rings. The van der Waals surface area contributed by atoms with Crippen LogP contribution in [-0.2, 0) is 0 Å². The van der Waals surface area contributed by atoms with Crippen LogP contribution in [0.15, 0.2) is 18.2 Å². The van der Waals surface area contributed by atoms with E-state index in [-0.39, 0.29) is 0 Å². The van der Waals surface area contributed by atoms with Gasteiger partial charge in [-0.15, -0.1) is 0 Å². The zero-order chi connectivity index (χ0) is 13.8. The summed E-state index contributed by atoms with van der Waals surface area (Å²) in [6, 6.07) is 8.42. The zero-order valence-corrected chi connectivity index (χ0v) is 11.9. The molecule has 19 heavy (non-hydrogen) atoms. The highest BCUT2D eigenvalue weighted by Gasteiger charge is 2.23. The fourth-order valence-electron chi connectivity index (χ4n) is 2.67.